The van der Waals surface area contributed by atoms with Crippen molar-refractivity contribution in [2.24, 2.45) is 0 Å². The number of benzene rings is 3. The molecule has 0 bridgehead atoms. The topological polar surface area (TPSA) is 125 Å². The van der Waals surface area contributed by atoms with Gasteiger partial charge in [0, 0.05) is 51.6 Å². The normalized spacial score (nSPS) is 16.0. The molecule has 47 heavy (non-hydrogen) atoms. The Labute approximate surface area is 276 Å². The van der Waals surface area contributed by atoms with Crippen molar-refractivity contribution in [1.82, 2.24) is 10.2 Å². The molecule has 0 spiro atoms. The molecule has 254 valence electrons. The summed E-state index contributed by atoms with van der Waals surface area (Å²) in [6.45, 7) is 3.42. The van der Waals surface area contributed by atoms with Crippen LogP contribution in [0.4, 0.5) is 4.79 Å². The van der Waals surface area contributed by atoms with Crippen molar-refractivity contribution in [3.63, 3.8) is 0 Å². The highest BCUT2D eigenvalue weighted by atomic mass is 16.5. The van der Waals surface area contributed by atoms with Gasteiger partial charge in [0.2, 0.25) is 0 Å². The Kier molecular flexibility index (Phi) is 14.2. The lowest BCUT2D eigenvalue weighted by molar-refractivity contribution is -0.0200. The second kappa shape index (κ2) is 18.7. The molecule has 3 aromatic rings. The molecule has 2 amide bonds. The van der Waals surface area contributed by atoms with Crippen LogP contribution in [0.1, 0.15) is 52.2 Å². The van der Waals surface area contributed by atoms with Crippen molar-refractivity contribution in [3.05, 3.63) is 89.0 Å². The lowest BCUT2D eigenvalue weighted by atomic mass is 9.87. The number of piperidine rings is 1. The third kappa shape index (κ3) is 10.6. The summed E-state index contributed by atoms with van der Waals surface area (Å²) >= 11 is 0. The highest BCUT2D eigenvalue weighted by Crippen LogP contribution is 2.33. The summed E-state index contributed by atoms with van der Waals surface area (Å²) in [6, 6.07) is 21.1. The minimum absolute atomic E-state index is 0.00191. The summed E-state index contributed by atoms with van der Waals surface area (Å²) in [5.74, 6) is 1.79. The van der Waals surface area contributed by atoms with Gasteiger partial charge in [-0.2, -0.15) is 0 Å². The predicted octanol–water partition coefficient (Wildman–Crippen LogP) is 5.51. The zero-order valence-corrected chi connectivity index (χ0v) is 27.4. The molecule has 1 aliphatic heterocycles. The fourth-order valence-electron chi connectivity index (χ4n) is 5.49. The number of likely N-dealkylation sites (tertiary alicyclic amines) is 1. The van der Waals surface area contributed by atoms with Crippen LogP contribution in [0.3, 0.4) is 0 Å². The van der Waals surface area contributed by atoms with Crippen molar-refractivity contribution >= 4 is 12.0 Å². The molecule has 1 heterocycles. The Balaban J connectivity index is 1.33. The molecule has 2 N–H and O–H groups in total. The van der Waals surface area contributed by atoms with E-state index in [4.69, 9.17) is 28.4 Å². The van der Waals surface area contributed by atoms with Gasteiger partial charge in [-0.25, -0.2) is 4.79 Å². The number of carbonyl (C=O) groups is 2. The monoisotopic (exact) mass is 650 g/mol. The van der Waals surface area contributed by atoms with Crippen molar-refractivity contribution in [3.8, 4) is 17.2 Å². The maximum absolute atomic E-state index is 12.4. The minimum Gasteiger partial charge on any atom is -0.496 e. The van der Waals surface area contributed by atoms with Crippen molar-refractivity contribution in [2.45, 2.75) is 44.5 Å². The quantitative estimate of drug-likeness (QED) is 0.172. The smallest absolute Gasteiger partial charge is 0.407 e. The molecule has 1 aliphatic rings. The molecule has 11 heteroatoms. The number of ether oxygens (including phenoxy) is 6. The molecule has 0 radical (unpaired) electrons. The van der Waals surface area contributed by atoms with Gasteiger partial charge in [0.15, 0.2) is 0 Å². The number of amides is 2. The van der Waals surface area contributed by atoms with E-state index in [1.165, 1.54) is 4.90 Å². The fraction of sp³-hybridized carbons (Fsp3) is 0.444. The molecule has 2 unspecified atom stereocenters. The van der Waals surface area contributed by atoms with E-state index in [9.17, 15) is 14.7 Å². The molecule has 11 nitrogen and oxygen atoms in total. The largest absolute Gasteiger partial charge is 0.496 e. The van der Waals surface area contributed by atoms with Crippen molar-refractivity contribution < 1.29 is 43.1 Å². The molecule has 0 saturated carbocycles. The third-order valence-corrected chi connectivity index (χ3v) is 8.02. The number of para-hydroxylation sites is 1. The van der Waals surface area contributed by atoms with Crippen LogP contribution in [-0.2, 0) is 27.4 Å². The second-order valence-electron chi connectivity index (χ2n) is 11.2. The van der Waals surface area contributed by atoms with Crippen molar-refractivity contribution in [1.29, 1.82) is 0 Å². The van der Waals surface area contributed by atoms with Gasteiger partial charge in [0.25, 0.3) is 5.91 Å². The lowest BCUT2D eigenvalue weighted by Gasteiger charge is -2.37. The van der Waals surface area contributed by atoms with E-state index >= 15 is 0 Å². The number of nitrogens with zero attached hydrogens (tertiary/aromatic N) is 1. The van der Waals surface area contributed by atoms with Crippen molar-refractivity contribution in [2.75, 3.05) is 60.8 Å². The lowest BCUT2D eigenvalue weighted by Crippen LogP contribution is -2.46. The Morgan fingerprint density at radius 2 is 1.66 bits per heavy atom. The molecule has 2 atom stereocenters. The summed E-state index contributed by atoms with van der Waals surface area (Å²) in [4.78, 5) is 25.6. The van der Waals surface area contributed by atoms with Crippen LogP contribution in [0.2, 0.25) is 0 Å². The van der Waals surface area contributed by atoms with Crippen LogP contribution < -0.4 is 19.5 Å². The van der Waals surface area contributed by atoms with Crippen LogP contribution in [-0.4, -0.2) is 88.9 Å². The number of carbonyl (C=O) groups excluding carboxylic acids is 1. The first kappa shape index (κ1) is 35.5. The van der Waals surface area contributed by atoms with Gasteiger partial charge < -0.3 is 43.7 Å². The average Bonchev–Trinajstić information content (AvgIpc) is 3.10. The molecule has 4 rings (SSSR count). The first-order valence-electron chi connectivity index (χ1n) is 15.9. The Morgan fingerprint density at radius 1 is 0.894 bits per heavy atom. The maximum Gasteiger partial charge on any atom is 0.407 e. The number of nitrogens with one attached hydrogen (secondary N) is 1. The number of rotatable bonds is 18. The van der Waals surface area contributed by atoms with Gasteiger partial charge in [-0.15, -0.1) is 0 Å². The van der Waals surface area contributed by atoms with Gasteiger partial charge in [-0.1, -0.05) is 36.4 Å². The minimum atomic E-state index is -0.964. The summed E-state index contributed by atoms with van der Waals surface area (Å²) in [7, 11) is 4.86. The molecule has 0 aliphatic carbocycles. The van der Waals surface area contributed by atoms with E-state index in [2.05, 4.69) is 5.32 Å². The summed E-state index contributed by atoms with van der Waals surface area (Å²) in [5.41, 5.74) is 3.32. The van der Waals surface area contributed by atoms with Crippen LogP contribution in [0.15, 0.2) is 66.7 Å². The number of carboxylic acid groups (broad SMARTS) is 1. The molecule has 1 saturated heterocycles. The van der Waals surface area contributed by atoms with E-state index in [0.29, 0.717) is 63.7 Å². The first-order chi connectivity index (χ1) is 22.9. The summed E-state index contributed by atoms with van der Waals surface area (Å²) in [5, 5.41) is 12.3. The van der Waals surface area contributed by atoms with Crippen LogP contribution in [0.25, 0.3) is 0 Å². The average molecular weight is 651 g/mol. The van der Waals surface area contributed by atoms with Gasteiger partial charge in [-0.05, 0) is 47.9 Å². The van der Waals surface area contributed by atoms with Crippen LogP contribution in [0.5, 0.6) is 17.2 Å². The third-order valence-electron chi connectivity index (χ3n) is 8.02. The molecule has 3 aromatic carbocycles. The Hall–Kier alpha value is -4.32. The van der Waals surface area contributed by atoms with E-state index in [1.807, 2.05) is 54.6 Å². The highest BCUT2D eigenvalue weighted by Gasteiger charge is 2.33. The molecule has 0 aromatic heterocycles. The zero-order chi connectivity index (χ0) is 33.4. The molecule has 1 fully saturated rings. The van der Waals surface area contributed by atoms with E-state index in [1.54, 1.807) is 33.4 Å². The van der Waals surface area contributed by atoms with E-state index < -0.39 is 6.09 Å². The van der Waals surface area contributed by atoms with Gasteiger partial charge in [0.05, 0.1) is 58.4 Å². The standard InChI is InChI=1S/C36H46N2O9/c1-37-35(39)31-15-10-26(22-33(31)46-21-6-18-42-2)24-47-34-23-38(36(40)41)17-16-30(34)27-11-13-29(14-12-27)45-20-7-19-44-25-28-8-4-5-9-32(28)43-3/h4-5,8-15,22,30,34H,6-7,16-21,23-25H2,1-3H3,(H,37,39)(H,40,41). The number of methoxy groups -OCH3 is 2. The number of hydrogen-bond donors (Lipinski definition) is 2. The van der Waals surface area contributed by atoms with Gasteiger partial charge >= 0.3 is 6.09 Å². The zero-order valence-electron chi connectivity index (χ0n) is 27.4. The summed E-state index contributed by atoms with van der Waals surface area (Å²) < 4.78 is 34.5. The Bertz CT molecular complexity index is 1420. The molecular formula is C36H46N2O9. The second-order valence-corrected chi connectivity index (χ2v) is 11.2. The van der Waals surface area contributed by atoms with E-state index in [0.717, 1.165) is 34.6 Å². The Morgan fingerprint density at radius 3 is 2.40 bits per heavy atom. The first-order valence-corrected chi connectivity index (χ1v) is 15.9. The van der Waals surface area contributed by atoms with Crippen LogP contribution in [0, 0.1) is 0 Å². The van der Waals surface area contributed by atoms with Gasteiger partial charge in [-0.3, -0.25) is 4.79 Å². The fourth-order valence-corrected chi connectivity index (χ4v) is 5.49. The molecular weight excluding hydrogens is 604 g/mol. The van der Waals surface area contributed by atoms with Gasteiger partial charge in [0.1, 0.15) is 17.2 Å². The van der Waals surface area contributed by atoms with Crippen LogP contribution >= 0.6 is 0 Å². The van der Waals surface area contributed by atoms with E-state index in [-0.39, 0.29) is 31.1 Å². The predicted molar refractivity (Wildman–Crippen MR) is 177 cm³/mol. The summed E-state index contributed by atoms with van der Waals surface area (Å²) in [6.07, 6.45) is 0.725. The number of hydrogen-bond acceptors (Lipinski definition) is 8. The maximum atomic E-state index is 12.4. The highest BCUT2D eigenvalue weighted by molar-refractivity contribution is 5.96. The SMILES string of the molecule is CNC(=O)c1ccc(COC2CN(C(=O)O)CCC2c2ccc(OCCCOCc3ccccc3OC)cc2)cc1OCCCOC.